The van der Waals surface area contributed by atoms with Gasteiger partial charge in [-0.15, -0.1) is 10.2 Å². The molecule has 0 unspecified atom stereocenters. The van der Waals surface area contributed by atoms with Crippen molar-refractivity contribution in [2.75, 3.05) is 53.7 Å². The Morgan fingerprint density at radius 1 is 0.641 bits per heavy atom. The molecule has 5 aromatic rings. The van der Waals surface area contributed by atoms with Crippen molar-refractivity contribution < 1.29 is 38.1 Å². The fourth-order valence-electron chi connectivity index (χ4n) is 9.69. The van der Waals surface area contributed by atoms with Gasteiger partial charge in [0.05, 0.1) is 61.3 Å². The van der Waals surface area contributed by atoms with E-state index in [2.05, 4.69) is 30.8 Å². The van der Waals surface area contributed by atoms with E-state index in [4.69, 9.17) is 28.9 Å². The van der Waals surface area contributed by atoms with E-state index in [1.165, 1.54) is 14.2 Å². The number of nitrogens with one attached hydrogen (secondary N) is 4. The first kappa shape index (κ1) is 42.9. The van der Waals surface area contributed by atoms with Crippen molar-refractivity contribution in [2.45, 2.75) is 75.5 Å². The second kappa shape index (κ2) is 19.1. The molecule has 3 aromatic heterocycles. The highest BCUT2D eigenvalue weighted by atomic mass is 16.5. The number of hydrogen-bond donors (Lipinski definition) is 4. The largest absolute Gasteiger partial charge is 0.453 e. The zero-order chi connectivity index (χ0) is 44.2. The summed E-state index contributed by atoms with van der Waals surface area (Å²) in [6, 6.07) is 14.2. The summed E-state index contributed by atoms with van der Waals surface area (Å²) in [5.74, 6) is 1.07. The number of nitrogens with zero attached hydrogens (tertiary/aromatic N) is 6. The highest BCUT2D eigenvalue weighted by Gasteiger charge is 2.41. The summed E-state index contributed by atoms with van der Waals surface area (Å²) < 4.78 is 20.8. The number of alkyl carbamates (subject to hydrolysis) is 2. The fourth-order valence-corrected chi connectivity index (χ4v) is 9.69. The first-order valence-electron chi connectivity index (χ1n) is 22.2. The second-order valence-electron chi connectivity index (χ2n) is 17.0. The van der Waals surface area contributed by atoms with Crippen molar-refractivity contribution in [3.8, 4) is 33.8 Å². The molecule has 4 N–H and O–H groups in total. The molecule has 336 valence electrons. The summed E-state index contributed by atoms with van der Waals surface area (Å²) in [7, 11) is 2.61. The van der Waals surface area contributed by atoms with Crippen LogP contribution in [0.3, 0.4) is 0 Å². The second-order valence-corrected chi connectivity index (χ2v) is 17.0. The molecule has 4 amide bonds. The van der Waals surface area contributed by atoms with Crippen molar-refractivity contribution in [1.29, 1.82) is 0 Å². The van der Waals surface area contributed by atoms with E-state index < -0.39 is 24.3 Å². The third-order valence-electron chi connectivity index (χ3n) is 13.2. The van der Waals surface area contributed by atoms with Crippen LogP contribution in [0.15, 0.2) is 60.9 Å². The molecule has 4 fully saturated rings. The van der Waals surface area contributed by atoms with Crippen LogP contribution >= 0.6 is 0 Å². The molecule has 0 radical (unpaired) electrons. The van der Waals surface area contributed by atoms with E-state index >= 15 is 0 Å². The SMILES string of the molecule is COC(=O)N[C@H](C(=O)N1CCC[C@H]1c1ncc(-c2ccc(-c3cc4ccc(-c5cnc([C@@H]6CCCN6C(=O)[C@@H](NC(=O)OC)C6CCOCC6)[nH]5)cc4nn3)cc2)[nH]1)C1CCOCC1. The van der Waals surface area contributed by atoms with Crippen LogP contribution in [-0.2, 0) is 28.5 Å². The van der Waals surface area contributed by atoms with Gasteiger partial charge in [-0.2, -0.15) is 0 Å². The number of likely N-dealkylation sites (tertiary alicyclic amines) is 2. The molecular weight excluding hydrogens is 821 g/mol. The number of benzene rings is 2. The maximum absolute atomic E-state index is 14.0. The van der Waals surface area contributed by atoms with Gasteiger partial charge in [0.2, 0.25) is 11.8 Å². The standard InChI is InChI=1S/C46H54N10O8/c1-61-45(59)51-39(29-13-19-63-20-14-29)43(57)55-17-3-5-37(55)41-47-25-35(49-41)28-9-7-27(8-10-28)33-23-31-11-12-32(24-34(31)54-53-33)36-26-48-42(50-36)38-6-4-18-56(38)44(58)40(52-46(60)62-2)30-15-21-64-22-16-30/h7-12,23-26,29-30,37-40H,3-6,13-22H2,1-2H3,(H,47,49)(H,48,50)(H,51,59)(H,52,60)/t37-,38-,39-,40-/m0/s1. The van der Waals surface area contributed by atoms with Gasteiger partial charge in [0.15, 0.2) is 0 Å². The number of methoxy groups -OCH3 is 2. The van der Waals surface area contributed by atoms with E-state index in [1.54, 1.807) is 12.4 Å². The van der Waals surface area contributed by atoms with Gasteiger partial charge in [0.25, 0.3) is 0 Å². The number of hydrogen-bond acceptors (Lipinski definition) is 12. The van der Waals surface area contributed by atoms with Crippen LogP contribution < -0.4 is 10.6 Å². The summed E-state index contributed by atoms with van der Waals surface area (Å²) in [6.45, 7) is 3.35. The zero-order valence-corrected chi connectivity index (χ0v) is 36.1. The predicted molar refractivity (Wildman–Crippen MR) is 233 cm³/mol. The van der Waals surface area contributed by atoms with Crippen molar-refractivity contribution in [3.63, 3.8) is 0 Å². The summed E-state index contributed by atoms with van der Waals surface area (Å²) in [5.41, 5.74) is 5.82. The molecule has 4 aliphatic rings. The van der Waals surface area contributed by atoms with Gasteiger partial charge in [-0.25, -0.2) is 19.6 Å². The molecule has 4 aliphatic heterocycles. The number of carbonyl (C=O) groups excluding carboxylic acids is 4. The molecule has 18 heteroatoms. The van der Waals surface area contributed by atoms with E-state index in [9.17, 15) is 19.2 Å². The molecule has 0 aliphatic carbocycles. The molecular formula is C46H54N10O8. The Labute approximate surface area is 370 Å². The lowest BCUT2D eigenvalue weighted by molar-refractivity contribution is -0.137. The lowest BCUT2D eigenvalue weighted by Crippen LogP contribution is -2.53. The van der Waals surface area contributed by atoms with Crippen molar-refractivity contribution in [1.82, 2.24) is 50.6 Å². The molecule has 0 bridgehead atoms. The maximum Gasteiger partial charge on any atom is 0.407 e. The molecule has 64 heavy (non-hydrogen) atoms. The minimum Gasteiger partial charge on any atom is -0.453 e. The fraction of sp³-hybridized carbons (Fsp3) is 0.478. The van der Waals surface area contributed by atoms with E-state index in [-0.39, 0.29) is 35.7 Å². The van der Waals surface area contributed by atoms with Crippen molar-refractivity contribution in [3.05, 3.63) is 72.6 Å². The lowest BCUT2D eigenvalue weighted by atomic mass is 9.90. The van der Waals surface area contributed by atoms with Crippen LogP contribution in [-0.4, -0.2) is 130 Å². The first-order chi connectivity index (χ1) is 31.3. The van der Waals surface area contributed by atoms with Crippen molar-refractivity contribution in [2.24, 2.45) is 11.8 Å². The summed E-state index contributed by atoms with van der Waals surface area (Å²) >= 11 is 0. The van der Waals surface area contributed by atoms with Gasteiger partial charge in [-0.1, -0.05) is 36.4 Å². The van der Waals surface area contributed by atoms with Gasteiger partial charge in [0.1, 0.15) is 23.7 Å². The Morgan fingerprint density at radius 2 is 1.12 bits per heavy atom. The Kier molecular flexibility index (Phi) is 12.8. The minimum absolute atomic E-state index is 0.0376. The molecule has 18 nitrogen and oxygen atoms in total. The highest BCUT2D eigenvalue weighted by Crippen LogP contribution is 2.36. The number of fused-ring (bicyclic) bond motifs is 1. The number of ether oxygens (including phenoxy) is 4. The number of rotatable bonds is 11. The number of aromatic amines is 2. The van der Waals surface area contributed by atoms with Gasteiger partial charge in [-0.3, -0.25) is 9.59 Å². The molecule has 4 saturated heterocycles. The number of carbonyl (C=O) groups is 4. The molecule has 0 saturated carbocycles. The van der Waals surface area contributed by atoms with E-state index in [0.29, 0.717) is 76.8 Å². The number of aromatic nitrogens is 6. The van der Waals surface area contributed by atoms with Gasteiger partial charge in [0, 0.05) is 56.0 Å². The Balaban J connectivity index is 0.862. The molecule has 4 atom stereocenters. The van der Waals surface area contributed by atoms with E-state index in [0.717, 1.165) is 70.4 Å². The van der Waals surface area contributed by atoms with Crippen LogP contribution in [0.25, 0.3) is 44.7 Å². The quantitative estimate of drug-likeness (QED) is 0.126. The van der Waals surface area contributed by atoms with Crippen LogP contribution in [0.2, 0.25) is 0 Å². The zero-order valence-electron chi connectivity index (χ0n) is 36.1. The summed E-state index contributed by atoms with van der Waals surface area (Å²) in [4.78, 5) is 72.6. The monoisotopic (exact) mass is 874 g/mol. The normalized spacial score (nSPS) is 20.5. The van der Waals surface area contributed by atoms with Crippen LogP contribution in [0.5, 0.6) is 0 Å². The lowest BCUT2D eigenvalue weighted by Gasteiger charge is -2.34. The first-order valence-corrected chi connectivity index (χ1v) is 22.2. The highest BCUT2D eigenvalue weighted by molar-refractivity contribution is 5.88. The van der Waals surface area contributed by atoms with Gasteiger partial charge in [-0.05, 0) is 80.9 Å². The third-order valence-corrected chi connectivity index (χ3v) is 13.2. The van der Waals surface area contributed by atoms with Gasteiger partial charge >= 0.3 is 12.2 Å². The molecule has 7 heterocycles. The topological polar surface area (TPSA) is 219 Å². The number of H-pyrrole nitrogens is 2. The smallest absolute Gasteiger partial charge is 0.407 e. The molecule has 0 spiro atoms. The van der Waals surface area contributed by atoms with Crippen LogP contribution in [0, 0.1) is 11.8 Å². The average Bonchev–Trinajstić information content (AvgIpc) is 4.20. The van der Waals surface area contributed by atoms with Crippen molar-refractivity contribution >= 4 is 34.9 Å². The maximum atomic E-state index is 14.0. The molecule has 9 rings (SSSR count). The average molecular weight is 875 g/mol. The van der Waals surface area contributed by atoms with Gasteiger partial charge < -0.3 is 49.3 Å². The number of amides is 4. The van der Waals surface area contributed by atoms with Crippen LogP contribution in [0.4, 0.5) is 9.59 Å². The number of imidazole rings is 2. The Hall–Kier alpha value is -6.40. The third kappa shape index (κ3) is 9.01. The Bertz CT molecular complexity index is 2460. The van der Waals surface area contributed by atoms with E-state index in [1.807, 2.05) is 58.3 Å². The predicted octanol–water partition coefficient (Wildman–Crippen LogP) is 5.71. The summed E-state index contributed by atoms with van der Waals surface area (Å²) in [5, 5.41) is 15.7. The minimum atomic E-state index is -0.701. The molecule has 2 aromatic carbocycles. The van der Waals surface area contributed by atoms with Crippen LogP contribution in [0.1, 0.15) is 75.1 Å². The Morgan fingerprint density at radius 3 is 1.64 bits per heavy atom. The summed E-state index contributed by atoms with van der Waals surface area (Å²) in [6.07, 6.45) is 8.24.